The maximum absolute atomic E-state index is 9.63. The first-order valence-corrected chi connectivity index (χ1v) is 11.2. The number of rotatable bonds is 9. The Morgan fingerprint density at radius 3 is 2.52 bits per heavy atom. The fourth-order valence-electron chi connectivity index (χ4n) is 4.16. The van der Waals surface area contributed by atoms with Crippen LogP contribution in [0.5, 0.6) is 11.5 Å². The number of benzene rings is 3. The van der Waals surface area contributed by atoms with E-state index in [1.54, 1.807) is 0 Å². The highest BCUT2D eigenvalue weighted by Crippen LogP contribution is 2.30. The van der Waals surface area contributed by atoms with Gasteiger partial charge in [0.05, 0.1) is 6.61 Å². The summed E-state index contributed by atoms with van der Waals surface area (Å²) in [6, 6.07) is 24.3. The molecule has 0 spiro atoms. The van der Waals surface area contributed by atoms with E-state index in [9.17, 15) is 5.11 Å². The highest BCUT2D eigenvalue weighted by atomic mass is 35.5. The van der Waals surface area contributed by atoms with Crippen LogP contribution in [-0.4, -0.2) is 29.2 Å². The lowest BCUT2D eigenvalue weighted by Crippen LogP contribution is -2.32. The second-order valence-electron chi connectivity index (χ2n) is 7.95. The smallest absolute Gasteiger partial charge is 0.133 e. The molecule has 3 aromatic carbocycles. The van der Waals surface area contributed by atoms with Crippen molar-refractivity contribution in [2.24, 2.45) is 0 Å². The summed E-state index contributed by atoms with van der Waals surface area (Å²) >= 11 is 6.50. The van der Waals surface area contributed by atoms with Crippen molar-refractivity contribution in [3.05, 3.63) is 94.5 Å². The van der Waals surface area contributed by atoms with Crippen LogP contribution in [-0.2, 0) is 19.6 Å². The molecule has 5 heteroatoms. The molecule has 1 heterocycles. The highest BCUT2D eigenvalue weighted by molar-refractivity contribution is 6.31. The van der Waals surface area contributed by atoms with Gasteiger partial charge in [-0.25, -0.2) is 0 Å². The molecule has 0 saturated carbocycles. The van der Waals surface area contributed by atoms with Crippen LogP contribution in [0.1, 0.15) is 29.5 Å². The van der Waals surface area contributed by atoms with Gasteiger partial charge in [0, 0.05) is 36.3 Å². The van der Waals surface area contributed by atoms with E-state index in [0.717, 1.165) is 49.5 Å². The van der Waals surface area contributed by atoms with Gasteiger partial charge in [-0.2, -0.15) is 0 Å². The van der Waals surface area contributed by atoms with Gasteiger partial charge in [0.1, 0.15) is 11.5 Å². The Labute approximate surface area is 189 Å². The van der Waals surface area contributed by atoms with Crippen LogP contribution in [0.2, 0.25) is 5.02 Å². The number of hydrogen-bond donors (Lipinski definition) is 2. The normalized spacial score (nSPS) is 16.5. The van der Waals surface area contributed by atoms with Crippen LogP contribution in [0.15, 0.2) is 72.8 Å². The molecule has 0 radical (unpaired) electrons. The van der Waals surface area contributed by atoms with Crippen molar-refractivity contribution in [3.8, 4) is 11.5 Å². The van der Waals surface area contributed by atoms with E-state index in [2.05, 4.69) is 34.5 Å². The molecule has 31 heavy (non-hydrogen) atoms. The van der Waals surface area contributed by atoms with Gasteiger partial charge in [-0.05, 0) is 54.8 Å². The van der Waals surface area contributed by atoms with Gasteiger partial charge in [-0.1, -0.05) is 60.1 Å². The van der Waals surface area contributed by atoms with Crippen molar-refractivity contribution in [2.75, 3.05) is 13.2 Å². The van der Waals surface area contributed by atoms with Gasteiger partial charge in [-0.3, -0.25) is 4.90 Å². The Bertz CT molecular complexity index is 980. The van der Waals surface area contributed by atoms with Gasteiger partial charge in [0.2, 0.25) is 0 Å². The number of halogens is 1. The number of nitrogens with one attached hydrogen (secondary N) is 1. The second-order valence-corrected chi connectivity index (χ2v) is 8.36. The highest BCUT2D eigenvalue weighted by Gasteiger charge is 2.24. The molecule has 1 saturated heterocycles. The molecule has 162 valence electrons. The van der Waals surface area contributed by atoms with Crippen molar-refractivity contribution in [3.63, 3.8) is 0 Å². The summed E-state index contributed by atoms with van der Waals surface area (Å²) in [6.07, 6.45) is 2.23. The van der Waals surface area contributed by atoms with Gasteiger partial charge in [0.15, 0.2) is 0 Å². The standard InChI is InChI=1S/C26H29ClN2O2/c27-25-13-6-14-26(31-23-11-2-1-3-12-23)24(25)17-28-16-20-8-4-5-9-21(20)18-29-15-7-10-22(29)19-30/h1-6,8-9,11-14,22,28,30H,7,10,15-19H2. The van der Waals surface area contributed by atoms with Crippen molar-refractivity contribution in [1.29, 1.82) is 0 Å². The maximum Gasteiger partial charge on any atom is 0.133 e. The van der Waals surface area contributed by atoms with Crippen LogP contribution < -0.4 is 10.1 Å². The zero-order chi connectivity index (χ0) is 21.5. The lowest BCUT2D eigenvalue weighted by atomic mass is 10.1. The van der Waals surface area contributed by atoms with E-state index in [4.69, 9.17) is 16.3 Å². The Kier molecular flexibility index (Phi) is 7.60. The first kappa shape index (κ1) is 21.8. The topological polar surface area (TPSA) is 44.7 Å². The first-order chi connectivity index (χ1) is 15.2. The number of ether oxygens (including phenoxy) is 1. The van der Waals surface area contributed by atoms with E-state index in [-0.39, 0.29) is 12.6 Å². The minimum atomic E-state index is 0.233. The van der Waals surface area contributed by atoms with E-state index >= 15 is 0 Å². The molecule has 1 atom stereocenters. The van der Waals surface area contributed by atoms with Crippen molar-refractivity contribution < 1.29 is 9.84 Å². The fraction of sp³-hybridized carbons (Fsp3) is 0.308. The van der Waals surface area contributed by atoms with Crippen molar-refractivity contribution >= 4 is 11.6 Å². The molecule has 0 bridgehead atoms. The minimum absolute atomic E-state index is 0.233. The van der Waals surface area contributed by atoms with Gasteiger partial charge in [-0.15, -0.1) is 0 Å². The van der Waals surface area contributed by atoms with E-state index in [1.165, 1.54) is 11.1 Å². The molecule has 0 aromatic heterocycles. The summed E-state index contributed by atoms with van der Waals surface area (Å²) in [6.45, 7) is 3.50. The van der Waals surface area contributed by atoms with Crippen molar-refractivity contribution in [2.45, 2.75) is 38.5 Å². The number of para-hydroxylation sites is 1. The summed E-state index contributed by atoms with van der Waals surface area (Å²) < 4.78 is 6.07. The Balaban J connectivity index is 1.42. The number of aliphatic hydroxyl groups excluding tert-OH is 1. The number of hydrogen-bond acceptors (Lipinski definition) is 4. The average Bonchev–Trinajstić information content (AvgIpc) is 3.24. The third-order valence-corrected chi connectivity index (χ3v) is 6.22. The average molecular weight is 437 g/mol. The lowest BCUT2D eigenvalue weighted by Gasteiger charge is -2.24. The third kappa shape index (κ3) is 5.66. The van der Waals surface area contributed by atoms with Crippen LogP contribution in [0, 0.1) is 0 Å². The summed E-state index contributed by atoms with van der Waals surface area (Å²) in [5.41, 5.74) is 3.52. The largest absolute Gasteiger partial charge is 0.457 e. The third-order valence-electron chi connectivity index (χ3n) is 5.87. The molecule has 0 aliphatic carbocycles. The van der Waals surface area contributed by atoms with Crippen molar-refractivity contribution in [1.82, 2.24) is 10.2 Å². The molecule has 1 unspecified atom stereocenters. The second kappa shape index (κ2) is 10.8. The molecular formula is C26H29ClN2O2. The molecule has 3 aromatic rings. The fourth-order valence-corrected chi connectivity index (χ4v) is 4.39. The summed E-state index contributed by atoms with van der Waals surface area (Å²) in [5, 5.41) is 13.9. The Hall–Kier alpha value is -2.37. The van der Waals surface area contributed by atoms with E-state index in [1.807, 2.05) is 48.5 Å². The summed E-state index contributed by atoms with van der Waals surface area (Å²) in [4.78, 5) is 2.39. The van der Waals surface area contributed by atoms with Crippen LogP contribution in [0.3, 0.4) is 0 Å². The van der Waals surface area contributed by atoms with Gasteiger partial charge in [0.25, 0.3) is 0 Å². The monoisotopic (exact) mass is 436 g/mol. The first-order valence-electron chi connectivity index (χ1n) is 10.9. The SMILES string of the molecule is OCC1CCCN1Cc1ccccc1CNCc1c(Cl)cccc1Oc1ccccc1. The molecule has 4 nitrogen and oxygen atoms in total. The van der Waals surface area contributed by atoms with Gasteiger partial charge < -0.3 is 15.2 Å². The lowest BCUT2D eigenvalue weighted by molar-refractivity contribution is 0.153. The maximum atomic E-state index is 9.63. The van der Waals surface area contributed by atoms with E-state index < -0.39 is 0 Å². The molecule has 1 aliphatic rings. The molecule has 2 N–H and O–H groups in total. The molecule has 0 amide bonds. The Morgan fingerprint density at radius 1 is 0.935 bits per heavy atom. The van der Waals surface area contributed by atoms with Crippen LogP contribution >= 0.6 is 11.6 Å². The Morgan fingerprint density at radius 2 is 1.71 bits per heavy atom. The summed E-state index contributed by atoms with van der Waals surface area (Å²) in [5.74, 6) is 1.56. The predicted octanol–water partition coefficient (Wildman–Crippen LogP) is 5.38. The quantitative estimate of drug-likeness (QED) is 0.472. The zero-order valence-corrected chi connectivity index (χ0v) is 18.4. The molecule has 4 rings (SSSR count). The number of aliphatic hydroxyl groups is 1. The molecular weight excluding hydrogens is 408 g/mol. The molecule has 1 fully saturated rings. The molecule has 1 aliphatic heterocycles. The summed E-state index contributed by atoms with van der Waals surface area (Å²) in [7, 11) is 0. The van der Waals surface area contributed by atoms with Crippen LogP contribution in [0.4, 0.5) is 0 Å². The number of nitrogens with zero attached hydrogens (tertiary/aromatic N) is 1. The minimum Gasteiger partial charge on any atom is -0.457 e. The van der Waals surface area contributed by atoms with Gasteiger partial charge >= 0.3 is 0 Å². The zero-order valence-electron chi connectivity index (χ0n) is 17.6. The number of likely N-dealkylation sites (tertiary alicyclic amines) is 1. The van der Waals surface area contributed by atoms with Crippen LogP contribution in [0.25, 0.3) is 0 Å². The predicted molar refractivity (Wildman–Crippen MR) is 125 cm³/mol. The van der Waals surface area contributed by atoms with E-state index in [0.29, 0.717) is 11.6 Å².